The Morgan fingerprint density at radius 2 is 1.52 bits per heavy atom. The number of piperidine rings is 1. The number of unbranched alkanes of at least 4 members (excludes halogenated alkanes) is 7. The van der Waals surface area contributed by atoms with Crippen LogP contribution in [0, 0.1) is 0 Å². The van der Waals surface area contributed by atoms with Crippen LogP contribution in [0.5, 0.6) is 0 Å². The third-order valence-electron chi connectivity index (χ3n) is 6.49. The van der Waals surface area contributed by atoms with Crippen molar-refractivity contribution in [2.45, 2.75) is 102 Å². The zero-order valence-electron chi connectivity index (χ0n) is 17.2. The Bertz CT molecular complexity index is 518. The number of hydrogen-bond acceptors (Lipinski definition) is 3. The predicted molar refractivity (Wildman–Crippen MR) is 112 cm³/mol. The molecule has 3 rings (SSSR count). The van der Waals surface area contributed by atoms with Crippen LogP contribution in [0.1, 0.15) is 83.1 Å². The van der Waals surface area contributed by atoms with Crippen molar-refractivity contribution in [2.24, 2.45) is 0 Å². The maximum atomic E-state index is 11.3. The van der Waals surface area contributed by atoms with Crippen molar-refractivity contribution in [3.8, 4) is 0 Å². The van der Waals surface area contributed by atoms with Gasteiger partial charge in [0.05, 0.1) is 18.8 Å². The SMILES string of the molecule is CCCCCCCCCCC1(O)CC2COCC(C1)N2Cc1ccccc1. The minimum Gasteiger partial charge on any atom is -0.390 e. The van der Waals surface area contributed by atoms with E-state index in [0.29, 0.717) is 12.1 Å². The van der Waals surface area contributed by atoms with Crippen molar-refractivity contribution in [1.82, 2.24) is 4.90 Å². The van der Waals surface area contributed by atoms with Gasteiger partial charge in [-0.25, -0.2) is 0 Å². The second kappa shape index (κ2) is 10.6. The highest BCUT2D eigenvalue weighted by Gasteiger charge is 2.45. The number of fused-ring (bicyclic) bond motifs is 2. The normalized spacial score (nSPS) is 28.4. The van der Waals surface area contributed by atoms with Gasteiger partial charge in [0.25, 0.3) is 0 Å². The summed E-state index contributed by atoms with van der Waals surface area (Å²) in [5.41, 5.74) is 0.886. The highest BCUT2D eigenvalue weighted by atomic mass is 16.5. The number of ether oxygens (including phenoxy) is 1. The average molecular weight is 374 g/mol. The molecule has 0 aliphatic carbocycles. The van der Waals surface area contributed by atoms with Crippen molar-refractivity contribution < 1.29 is 9.84 Å². The van der Waals surface area contributed by atoms with Gasteiger partial charge in [0.1, 0.15) is 0 Å². The molecular formula is C24H39NO2. The standard InChI is InChI=1S/C24H39NO2/c1-2-3-4-5-6-7-8-12-15-24(26)16-22-19-27-20-23(17-24)25(22)18-21-13-10-9-11-14-21/h9-11,13-14,22-23,26H,2-8,12,15-20H2,1H3. The van der Waals surface area contributed by atoms with Gasteiger partial charge in [-0.2, -0.15) is 0 Å². The van der Waals surface area contributed by atoms with E-state index in [2.05, 4.69) is 42.2 Å². The zero-order chi connectivity index (χ0) is 19.0. The molecule has 27 heavy (non-hydrogen) atoms. The lowest BCUT2D eigenvalue weighted by molar-refractivity contribution is -0.148. The summed E-state index contributed by atoms with van der Waals surface area (Å²) in [6.07, 6.45) is 13.3. The number of rotatable bonds is 11. The minimum atomic E-state index is -0.478. The summed E-state index contributed by atoms with van der Waals surface area (Å²) >= 11 is 0. The number of aliphatic hydroxyl groups is 1. The van der Waals surface area contributed by atoms with E-state index in [1.807, 2.05) is 0 Å². The molecule has 2 unspecified atom stereocenters. The first-order valence-corrected chi connectivity index (χ1v) is 11.3. The fourth-order valence-electron chi connectivity index (χ4n) is 4.99. The number of hydrogen-bond donors (Lipinski definition) is 1. The van der Waals surface area contributed by atoms with Crippen LogP contribution in [-0.2, 0) is 11.3 Å². The van der Waals surface area contributed by atoms with Crippen LogP contribution in [-0.4, -0.2) is 40.9 Å². The van der Waals surface area contributed by atoms with Gasteiger partial charge in [-0.1, -0.05) is 88.6 Å². The molecule has 0 radical (unpaired) electrons. The molecule has 0 aromatic heterocycles. The number of nitrogens with zero attached hydrogens (tertiary/aromatic N) is 1. The van der Waals surface area contributed by atoms with Crippen LogP contribution in [0.4, 0.5) is 0 Å². The van der Waals surface area contributed by atoms with E-state index in [0.717, 1.165) is 39.0 Å². The van der Waals surface area contributed by atoms with E-state index < -0.39 is 5.60 Å². The van der Waals surface area contributed by atoms with Crippen LogP contribution < -0.4 is 0 Å². The van der Waals surface area contributed by atoms with E-state index in [4.69, 9.17) is 4.74 Å². The third-order valence-corrected chi connectivity index (χ3v) is 6.49. The molecule has 2 aliphatic rings. The van der Waals surface area contributed by atoms with Crippen LogP contribution in [0.3, 0.4) is 0 Å². The highest BCUT2D eigenvalue weighted by molar-refractivity contribution is 5.15. The maximum Gasteiger partial charge on any atom is 0.0679 e. The monoisotopic (exact) mass is 373 g/mol. The lowest BCUT2D eigenvalue weighted by Crippen LogP contribution is -2.61. The summed E-state index contributed by atoms with van der Waals surface area (Å²) in [5.74, 6) is 0. The smallest absolute Gasteiger partial charge is 0.0679 e. The van der Waals surface area contributed by atoms with E-state index in [-0.39, 0.29) is 0 Å². The Morgan fingerprint density at radius 1 is 0.926 bits per heavy atom. The molecule has 2 saturated heterocycles. The number of benzene rings is 1. The Morgan fingerprint density at radius 3 is 2.15 bits per heavy atom. The quantitative estimate of drug-likeness (QED) is 0.533. The molecular weight excluding hydrogens is 334 g/mol. The van der Waals surface area contributed by atoms with Gasteiger partial charge in [-0.05, 0) is 24.8 Å². The molecule has 2 bridgehead atoms. The Labute approximate surface area is 166 Å². The largest absolute Gasteiger partial charge is 0.390 e. The summed E-state index contributed by atoms with van der Waals surface area (Å²) < 4.78 is 5.83. The van der Waals surface area contributed by atoms with Crippen LogP contribution >= 0.6 is 0 Å². The van der Waals surface area contributed by atoms with Crippen molar-refractivity contribution in [1.29, 1.82) is 0 Å². The second-order valence-corrected chi connectivity index (χ2v) is 8.86. The lowest BCUT2D eigenvalue weighted by atomic mass is 9.78. The number of morpholine rings is 1. The third kappa shape index (κ3) is 6.30. The van der Waals surface area contributed by atoms with E-state index in [1.165, 1.54) is 56.9 Å². The molecule has 0 saturated carbocycles. The molecule has 0 amide bonds. The van der Waals surface area contributed by atoms with Crippen molar-refractivity contribution in [3.05, 3.63) is 35.9 Å². The van der Waals surface area contributed by atoms with Crippen LogP contribution in [0.15, 0.2) is 30.3 Å². The second-order valence-electron chi connectivity index (χ2n) is 8.86. The highest BCUT2D eigenvalue weighted by Crippen LogP contribution is 2.38. The Hall–Kier alpha value is -0.900. The lowest BCUT2D eigenvalue weighted by Gasteiger charge is -2.52. The molecule has 3 nitrogen and oxygen atoms in total. The summed E-state index contributed by atoms with van der Waals surface area (Å²) in [4.78, 5) is 2.58. The minimum absolute atomic E-state index is 0.358. The predicted octanol–water partition coefficient (Wildman–Crippen LogP) is 5.31. The van der Waals surface area contributed by atoms with E-state index in [9.17, 15) is 5.11 Å². The van der Waals surface area contributed by atoms with Gasteiger partial charge in [-0.15, -0.1) is 0 Å². The molecule has 1 N–H and O–H groups in total. The summed E-state index contributed by atoms with van der Waals surface area (Å²) in [6.45, 7) is 4.78. The van der Waals surface area contributed by atoms with Gasteiger partial charge < -0.3 is 9.84 Å². The summed E-state index contributed by atoms with van der Waals surface area (Å²) in [6, 6.07) is 11.4. The topological polar surface area (TPSA) is 32.7 Å². The van der Waals surface area contributed by atoms with Gasteiger partial charge in [-0.3, -0.25) is 4.90 Å². The first-order valence-electron chi connectivity index (χ1n) is 11.3. The fourth-order valence-corrected chi connectivity index (χ4v) is 4.99. The molecule has 2 aliphatic heterocycles. The molecule has 2 fully saturated rings. The van der Waals surface area contributed by atoms with Gasteiger partial charge >= 0.3 is 0 Å². The molecule has 152 valence electrons. The Balaban J connectivity index is 1.43. The van der Waals surface area contributed by atoms with Crippen LogP contribution in [0.25, 0.3) is 0 Å². The van der Waals surface area contributed by atoms with Crippen molar-refractivity contribution in [2.75, 3.05) is 13.2 Å². The first-order chi connectivity index (χ1) is 13.2. The molecule has 3 heteroatoms. The first kappa shape index (κ1) is 20.8. The molecule has 2 heterocycles. The Kier molecular flexibility index (Phi) is 8.17. The summed E-state index contributed by atoms with van der Waals surface area (Å²) in [5, 5.41) is 11.3. The van der Waals surface area contributed by atoms with E-state index in [1.54, 1.807) is 0 Å². The van der Waals surface area contributed by atoms with Gasteiger partial charge in [0.15, 0.2) is 0 Å². The van der Waals surface area contributed by atoms with Crippen molar-refractivity contribution >= 4 is 0 Å². The molecule has 1 aromatic rings. The summed E-state index contributed by atoms with van der Waals surface area (Å²) in [7, 11) is 0. The van der Waals surface area contributed by atoms with Crippen molar-refractivity contribution in [3.63, 3.8) is 0 Å². The molecule has 1 aromatic carbocycles. The average Bonchev–Trinajstić information content (AvgIpc) is 2.66. The van der Waals surface area contributed by atoms with Crippen LogP contribution in [0.2, 0.25) is 0 Å². The van der Waals surface area contributed by atoms with Gasteiger partial charge in [0, 0.05) is 18.6 Å². The van der Waals surface area contributed by atoms with Gasteiger partial charge in [0.2, 0.25) is 0 Å². The van der Waals surface area contributed by atoms with E-state index >= 15 is 0 Å². The molecule has 0 spiro atoms. The molecule has 2 atom stereocenters. The zero-order valence-corrected chi connectivity index (χ0v) is 17.2. The maximum absolute atomic E-state index is 11.3. The fraction of sp³-hybridized carbons (Fsp3) is 0.750.